The highest BCUT2D eigenvalue weighted by Crippen LogP contribution is 2.37. The number of imidazole rings is 1. The van der Waals surface area contributed by atoms with Crippen molar-refractivity contribution in [2.24, 2.45) is 5.16 Å². The molecule has 3 aromatic carbocycles. The van der Waals surface area contributed by atoms with Crippen LogP contribution in [0.3, 0.4) is 0 Å². The van der Waals surface area contributed by atoms with E-state index in [4.69, 9.17) is 14.9 Å². The van der Waals surface area contributed by atoms with Gasteiger partial charge in [0.05, 0.1) is 17.2 Å². The highest BCUT2D eigenvalue weighted by Gasteiger charge is 2.20. The maximum absolute atomic E-state index is 9.01. The number of para-hydroxylation sites is 2. The first-order chi connectivity index (χ1) is 16.2. The van der Waals surface area contributed by atoms with Crippen molar-refractivity contribution in [3.05, 3.63) is 100 Å². The molecule has 5 heteroatoms. The van der Waals surface area contributed by atoms with Crippen molar-refractivity contribution in [3.8, 4) is 5.75 Å². The van der Waals surface area contributed by atoms with Gasteiger partial charge in [-0.3, -0.25) is 0 Å². The maximum atomic E-state index is 9.01. The summed E-state index contributed by atoms with van der Waals surface area (Å²) in [6.07, 6.45) is 5.24. The molecule has 166 valence electrons. The number of ether oxygens (including phenoxy) is 1. The minimum atomic E-state index is 0.486. The highest BCUT2D eigenvalue weighted by molar-refractivity contribution is 5.94. The number of hydrogen-bond acceptors (Lipinski definition) is 4. The van der Waals surface area contributed by atoms with Crippen molar-refractivity contribution in [2.45, 2.75) is 39.8 Å². The smallest absolute Gasteiger partial charge is 0.127 e. The molecule has 0 spiro atoms. The van der Waals surface area contributed by atoms with Crippen LogP contribution in [-0.2, 0) is 19.6 Å². The lowest BCUT2D eigenvalue weighted by molar-refractivity contribution is 0.307. The molecule has 0 bridgehead atoms. The van der Waals surface area contributed by atoms with E-state index in [0.29, 0.717) is 6.61 Å². The van der Waals surface area contributed by atoms with Crippen LogP contribution in [0.1, 0.15) is 47.0 Å². The van der Waals surface area contributed by atoms with E-state index < -0.39 is 0 Å². The lowest BCUT2D eigenvalue weighted by atomic mass is 9.93. The summed E-state index contributed by atoms with van der Waals surface area (Å²) < 4.78 is 8.50. The summed E-state index contributed by atoms with van der Waals surface area (Å²) in [6.45, 7) is 5.56. The molecule has 1 N–H and O–H groups in total. The Morgan fingerprint density at radius 2 is 1.97 bits per heavy atom. The van der Waals surface area contributed by atoms with Crippen molar-refractivity contribution < 1.29 is 9.94 Å². The van der Waals surface area contributed by atoms with Gasteiger partial charge in [0.2, 0.25) is 0 Å². The highest BCUT2D eigenvalue weighted by atomic mass is 16.5. The minimum Gasteiger partial charge on any atom is -0.488 e. The third-order valence-electron chi connectivity index (χ3n) is 6.20. The first-order valence-corrected chi connectivity index (χ1v) is 11.4. The molecule has 1 aliphatic heterocycles. The molecule has 0 unspecified atom stereocenters. The Hall–Kier alpha value is -3.86. The standard InChI is InChI=1S/C28H27N3O2/c1-3-7-27-30-28-19(2)8-6-10-25(28)31(27)17-20-12-13-22-21(16-20)18-33-26-11-5-4-9-24(26)23(22)14-15-29-32/h4-6,8-16,32H,3,7,17-18H2,1-2H3/b23-14?,29-15-. The Labute approximate surface area is 193 Å². The van der Waals surface area contributed by atoms with Gasteiger partial charge in [-0.05, 0) is 65.4 Å². The fraction of sp³-hybridized carbons (Fsp3) is 0.214. The molecule has 0 radical (unpaired) electrons. The van der Waals surface area contributed by atoms with E-state index in [2.05, 4.69) is 60.0 Å². The van der Waals surface area contributed by atoms with Gasteiger partial charge in [-0.1, -0.05) is 54.5 Å². The Bertz CT molecular complexity index is 1380. The van der Waals surface area contributed by atoms with Crippen LogP contribution in [0.15, 0.2) is 71.9 Å². The molecule has 1 aliphatic rings. The summed E-state index contributed by atoms with van der Waals surface area (Å²) in [6, 6.07) is 20.9. The number of nitrogens with zero attached hydrogens (tertiary/aromatic N) is 3. The van der Waals surface area contributed by atoms with E-state index in [1.807, 2.05) is 30.3 Å². The van der Waals surface area contributed by atoms with Gasteiger partial charge >= 0.3 is 0 Å². The number of aryl methyl sites for hydroxylation is 2. The van der Waals surface area contributed by atoms with Crippen molar-refractivity contribution in [3.63, 3.8) is 0 Å². The zero-order chi connectivity index (χ0) is 22.8. The molecule has 5 nitrogen and oxygen atoms in total. The van der Waals surface area contributed by atoms with Gasteiger partial charge in [-0.2, -0.15) is 0 Å². The number of hydrogen-bond donors (Lipinski definition) is 1. The molecule has 5 rings (SSSR count). The average Bonchev–Trinajstić information content (AvgIpc) is 3.09. The van der Waals surface area contributed by atoms with Crippen LogP contribution in [0.2, 0.25) is 0 Å². The molecule has 33 heavy (non-hydrogen) atoms. The van der Waals surface area contributed by atoms with Crippen molar-refractivity contribution >= 4 is 22.8 Å². The summed E-state index contributed by atoms with van der Waals surface area (Å²) >= 11 is 0. The van der Waals surface area contributed by atoms with Crippen LogP contribution >= 0.6 is 0 Å². The molecule has 0 aliphatic carbocycles. The fourth-order valence-electron chi connectivity index (χ4n) is 4.64. The van der Waals surface area contributed by atoms with Crippen molar-refractivity contribution in [2.75, 3.05) is 0 Å². The van der Waals surface area contributed by atoms with E-state index in [0.717, 1.165) is 58.7 Å². The zero-order valence-corrected chi connectivity index (χ0v) is 19.0. The first kappa shape index (κ1) is 21.0. The van der Waals surface area contributed by atoms with Crippen LogP contribution in [0.4, 0.5) is 0 Å². The number of benzene rings is 3. The summed E-state index contributed by atoms with van der Waals surface area (Å²) in [4.78, 5) is 4.96. The van der Waals surface area contributed by atoms with Gasteiger partial charge < -0.3 is 14.5 Å². The average molecular weight is 438 g/mol. The predicted octanol–water partition coefficient (Wildman–Crippen LogP) is 6.13. The van der Waals surface area contributed by atoms with E-state index in [1.54, 1.807) is 0 Å². The number of fused-ring (bicyclic) bond motifs is 3. The Morgan fingerprint density at radius 3 is 2.82 bits per heavy atom. The van der Waals surface area contributed by atoms with E-state index in [1.165, 1.54) is 22.9 Å². The second kappa shape index (κ2) is 8.94. The third kappa shape index (κ3) is 3.91. The maximum Gasteiger partial charge on any atom is 0.127 e. The van der Waals surface area contributed by atoms with E-state index in [-0.39, 0.29) is 0 Å². The molecule has 0 fully saturated rings. The summed E-state index contributed by atoms with van der Waals surface area (Å²) in [5, 5.41) is 12.2. The number of allylic oxidation sites excluding steroid dienone is 1. The van der Waals surface area contributed by atoms with Gasteiger partial charge in [0.1, 0.15) is 18.2 Å². The molecule has 2 heterocycles. The van der Waals surface area contributed by atoms with Crippen molar-refractivity contribution in [1.82, 2.24) is 9.55 Å². The Balaban J connectivity index is 1.58. The lowest BCUT2D eigenvalue weighted by Crippen LogP contribution is -2.06. The molecule has 0 saturated heterocycles. The molecule has 0 amide bonds. The second-order valence-corrected chi connectivity index (χ2v) is 8.43. The number of rotatable bonds is 5. The summed E-state index contributed by atoms with van der Waals surface area (Å²) in [5.74, 6) is 1.95. The number of oxime groups is 1. The topological polar surface area (TPSA) is 59.6 Å². The van der Waals surface area contributed by atoms with Gasteiger partial charge in [0.15, 0.2) is 0 Å². The zero-order valence-electron chi connectivity index (χ0n) is 19.0. The van der Waals surface area contributed by atoms with E-state index in [9.17, 15) is 0 Å². The van der Waals surface area contributed by atoms with E-state index >= 15 is 0 Å². The Morgan fingerprint density at radius 1 is 1.09 bits per heavy atom. The third-order valence-corrected chi connectivity index (χ3v) is 6.20. The summed E-state index contributed by atoms with van der Waals surface area (Å²) in [5.41, 5.74) is 8.85. The molecule has 4 aromatic rings. The van der Waals surface area contributed by atoms with Gasteiger partial charge in [-0.25, -0.2) is 4.98 Å². The predicted molar refractivity (Wildman–Crippen MR) is 132 cm³/mol. The molecule has 1 aromatic heterocycles. The van der Waals surface area contributed by atoms with Crippen molar-refractivity contribution in [1.29, 1.82) is 0 Å². The van der Waals surface area contributed by atoms with Crippen LogP contribution < -0.4 is 4.74 Å². The van der Waals surface area contributed by atoms with Crippen LogP contribution in [0, 0.1) is 6.92 Å². The molecule has 0 atom stereocenters. The van der Waals surface area contributed by atoms with Gasteiger partial charge in [0, 0.05) is 18.5 Å². The first-order valence-electron chi connectivity index (χ1n) is 11.4. The number of aromatic nitrogens is 2. The second-order valence-electron chi connectivity index (χ2n) is 8.43. The SMILES string of the molecule is CCCc1nc2c(C)cccc2n1Cc1ccc2c(c1)COc1ccccc1C2=C/C=N\O. The molecule has 0 saturated carbocycles. The Kier molecular flexibility index (Phi) is 5.69. The largest absolute Gasteiger partial charge is 0.488 e. The summed E-state index contributed by atoms with van der Waals surface area (Å²) in [7, 11) is 0. The van der Waals surface area contributed by atoms with Crippen LogP contribution in [0.25, 0.3) is 16.6 Å². The van der Waals surface area contributed by atoms with Gasteiger partial charge in [0.25, 0.3) is 0 Å². The fourth-order valence-corrected chi connectivity index (χ4v) is 4.64. The monoisotopic (exact) mass is 437 g/mol. The minimum absolute atomic E-state index is 0.486. The normalized spacial score (nSPS) is 14.3. The lowest BCUT2D eigenvalue weighted by Gasteiger charge is -2.13. The van der Waals surface area contributed by atoms with Gasteiger partial charge in [-0.15, -0.1) is 0 Å². The van der Waals surface area contributed by atoms with Crippen LogP contribution in [-0.4, -0.2) is 21.0 Å². The molecular formula is C28H27N3O2. The van der Waals surface area contributed by atoms with Crippen LogP contribution in [0.5, 0.6) is 5.75 Å². The quantitative estimate of drug-likeness (QED) is 0.232. The molecular weight excluding hydrogens is 410 g/mol.